The summed E-state index contributed by atoms with van der Waals surface area (Å²) >= 11 is 0. The molecule has 2 heterocycles. The fraction of sp³-hybridized carbons (Fsp3) is 0.909. The van der Waals surface area contributed by atoms with E-state index in [0.29, 0.717) is 19.3 Å². The van der Waals surface area contributed by atoms with Crippen LogP contribution in [-0.2, 0) is 4.74 Å². The minimum atomic E-state index is -0.546. The number of hydrogen-bond acceptors (Lipinski definition) is 5. The molecule has 1 atom stereocenters. The van der Waals surface area contributed by atoms with Gasteiger partial charge in [0.15, 0.2) is 5.96 Å². The van der Waals surface area contributed by atoms with E-state index >= 15 is 0 Å². The van der Waals surface area contributed by atoms with Gasteiger partial charge in [0.25, 0.3) is 0 Å². The number of guanidine groups is 1. The molecule has 5 heteroatoms. The van der Waals surface area contributed by atoms with Crippen LogP contribution in [-0.4, -0.2) is 49.0 Å². The van der Waals surface area contributed by atoms with Gasteiger partial charge in [-0.25, -0.2) is 0 Å². The third kappa shape index (κ3) is 3.09. The van der Waals surface area contributed by atoms with E-state index in [1.54, 1.807) is 0 Å². The van der Waals surface area contributed by atoms with Crippen LogP contribution >= 0.6 is 0 Å². The molecule has 0 aromatic carbocycles. The van der Waals surface area contributed by atoms with E-state index < -0.39 is 5.60 Å². The molecule has 1 saturated heterocycles. The summed E-state index contributed by atoms with van der Waals surface area (Å²) in [5.74, 6) is 0.864. The molecule has 92 valence electrons. The summed E-state index contributed by atoms with van der Waals surface area (Å²) in [6.45, 7) is 5.04. The van der Waals surface area contributed by atoms with Crippen molar-refractivity contribution in [2.75, 3.05) is 26.3 Å². The molecule has 2 rings (SSSR count). The van der Waals surface area contributed by atoms with Gasteiger partial charge in [0.05, 0.1) is 12.1 Å². The Kier molecular flexibility index (Phi) is 3.66. The Bertz CT molecular complexity index is 262. The SMILES string of the molecule is CC1CN=C(NCCC2(O)CCOCC2)N1. The van der Waals surface area contributed by atoms with Crippen LogP contribution in [0.25, 0.3) is 0 Å². The van der Waals surface area contributed by atoms with Gasteiger partial charge in [0, 0.05) is 25.8 Å². The van der Waals surface area contributed by atoms with Crippen molar-refractivity contribution in [2.24, 2.45) is 4.99 Å². The summed E-state index contributed by atoms with van der Waals surface area (Å²) in [5.41, 5.74) is -0.546. The zero-order valence-corrected chi connectivity index (χ0v) is 9.83. The molecule has 2 aliphatic heterocycles. The van der Waals surface area contributed by atoms with Crippen LogP contribution in [0.4, 0.5) is 0 Å². The van der Waals surface area contributed by atoms with Crippen molar-refractivity contribution in [3.8, 4) is 0 Å². The Morgan fingerprint density at radius 2 is 2.31 bits per heavy atom. The van der Waals surface area contributed by atoms with Gasteiger partial charge >= 0.3 is 0 Å². The van der Waals surface area contributed by atoms with Crippen LogP contribution in [0, 0.1) is 0 Å². The molecule has 1 fully saturated rings. The highest BCUT2D eigenvalue weighted by Crippen LogP contribution is 2.23. The predicted octanol–water partition coefficient (Wildman–Crippen LogP) is -0.145. The van der Waals surface area contributed by atoms with Gasteiger partial charge in [0.1, 0.15) is 0 Å². The van der Waals surface area contributed by atoms with E-state index in [1.165, 1.54) is 0 Å². The maximum absolute atomic E-state index is 10.2. The lowest BCUT2D eigenvalue weighted by Gasteiger charge is -2.32. The van der Waals surface area contributed by atoms with Crippen molar-refractivity contribution in [3.63, 3.8) is 0 Å². The van der Waals surface area contributed by atoms with Crippen LogP contribution in [0.2, 0.25) is 0 Å². The van der Waals surface area contributed by atoms with Crippen molar-refractivity contribution >= 4 is 5.96 Å². The lowest BCUT2D eigenvalue weighted by Crippen LogP contribution is -2.42. The number of ether oxygens (including phenoxy) is 1. The third-order valence-electron chi connectivity index (χ3n) is 3.21. The van der Waals surface area contributed by atoms with Gasteiger partial charge in [-0.05, 0) is 26.2 Å². The van der Waals surface area contributed by atoms with Gasteiger partial charge in [-0.15, -0.1) is 0 Å². The molecule has 3 N–H and O–H groups in total. The third-order valence-corrected chi connectivity index (χ3v) is 3.21. The van der Waals surface area contributed by atoms with Gasteiger partial charge < -0.3 is 20.5 Å². The number of nitrogens with one attached hydrogen (secondary N) is 2. The van der Waals surface area contributed by atoms with E-state index in [4.69, 9.17) is 4.74 Å². The van der Waals surface area contributed by atoms with Crippen molar-refractivity contribution in [1.82, 2.24) is 10.6 Å². The molecule has 5 nitrogen and oxygen atoms in total. The Labute approximate surface area is 96.3 Å². The van der Waals surface area contributed by atoms with Crippen molar-refractivity contribution in [3.05, 3.63) is 0 Å². The summed E-state index contributed by atoms with van der Waals surface area (Å²) in [5, 5.41) is 16.7. The van der Waals surface area contributed by atoms with Crippen LogP contribution in [0.15, 0.2) is 4.99 Å². The van der Waals surface area contributed by atoms with Gasteiger partial charge in [-0.1, -0.05) is 0 Å². The highest BCUT2D eigenvalue weighted by molar-refractivity contribution is 5.81. The first-order valence-corrected chi connectivity index (χ1v) is 6.03. The zero-order chi connectivity index (χ0) is 11.4. The number of nitrogens with zero attached hydrogens (tertiary/aromatic N) is 1. The first kappa shape index (κ1) is 11.7. The van der Waals surface area contributed by atoms with Gasteiger partial charge in [-0.2, -0.15) is 0 Å². The highest BCUT2D eigenvalue weighted by atomic mass is 16.5. The van der Waals surface area contributed by atoms with Crippen molar-refractivity contribution in [1.29, 1.82) is 0 Å². The maximum Gasteiger partial charge on any atom is 0.191 e. The molecule has 0 aliphatic carbocycles. The van der Waals surface area contributed by atoms with Crippen LogP contribution in [0.5, 0.6) is 0 Å². The predicted molar refractivity (Wildman–Crippen MR) is 62.5 cm³/mol. The Morgan fingerprint density at radius 1 is 1.56 bits per heavy atom. The lowest BCUT2D eigenvalue weighted by molar-refractivity contribution is -0.0668. The lowest BCUT2D eigenvalue weighted by atomic mass is 9.91. The van der Waals surface area contributed by atoms with Crippen molar-refractivity contribution < 1.29 is 9.84 Å². The van der Waals surface area contributed by atoms with Crippen LogP contribution in [0.3, 0.4) is 0 Å². The topological polar surface area (TPSA) is 65.9 Å². The second-order valence-electron chi connectivity index (χ2n) is 4.75. The molecule has 16 heavy (non-hydrogen) atoms. The fourth-order valence-corrected chi connectivity index (χ4v) is 2.07. The molecular weight excluding hydrogens is 206 g/mol. The first-order valence-electron chi connectivity index (χ1n) is 6.03. The smallest absolute Gasteiger partial charge is 0.191 e. The average Bonchev–Trinajstić information content (AvgIpc) is 2.65. The van der Waals surface area contributed by atoms with E-state index in [2.05, 4.69) is 22.5 Å². The largest absolute Gasteiger partial charge is 0.390 e. The number of hydrogen-bond donors (Lipinski definition) is 3. The van der Waals surface area contributed by atoms with Crippen LogP contribution < -0.4 is 10.6 Å². The van der Waals surface area contributed by atoms with Gasteiger partial charge in [0.2, 0.25) is 0 Å². The maximum atomic E-state index is 10.2. The minimum absolute atomic E-state index is 0.425. The molecule has 2 aliphatic rings. The molecule has 0 bridgehead atoms. The summed E-state index contributed by atoms with van der Waals surface area (Å²) in [4.78, 5) is 4.31. The molecule has 1 unspecified atom stereocenters. The summed E-state index contributed by atoms with van der Waals surface area (Å²) in [6.07, 6.45) is 2.24. The summed E-state index contributed by atoms with van der Waals surface area (Å²) in [7, 11) is 0. The summed E-state index contributed by atoms with van der Waals surface area (Å²) in [6, 6.07) is 0.425. The molecule has 0 radical (unpaired) electrons. The molecule has 0 spiro atoms. The normalized spacial score (nSPS) is 28.4. The Hall–Kier alpha value is -0.810. The second kappa shape index (κ2) is 5.01. The first-order chi connectivity index (χ1) is 7.68. The van der Waals surface area contributed by atoms with E-state index in [-0.39, 0.29) is 0 Å². The van der Waals surface area contributed by atoms with Crippen molar-refractivity contribution in [2.45, 2.75) is 37.8 Å². The van der Waals surface area contributed by atoms with E-state index in [1.807, 2.05) is 0 Å². The fourth-order valence-electron chi connectivity index (χ4n) is 2.07. The summed E-state index contributed by atoms with van der Waals surface area (Å²) < 4.78 is 5.24. The second-order valence-corrected chi connectivity index (χ2v) is 4.75. The number of rotatable bonds is 3. The highest BCUT2D eigenvalue weighted by Gasteiger charge is 2.29. The Morgan fingerprint density at radius 3 is 2.94 bits per heavy atom. The quantitative estimate of drug-likeness (QED) is 0.627. The zero-order valence-electron chi connectivity index (χ0n) is 9.83. The monoisotopic (exact) mass is 227 g/mol. The number of aliphatic hydroxyl groups is 1. The average molecular weight is 227 g/mol. The standard InChI is InChI=1S/C11H21N3O2/c1-9-8-13-10(14-9)12-5-2-11(15)3-6-16-7-4-11/h9,15H,2-8H2,1H3,(H2,12,13,14). The molecule has 0 saturated carbocycles. The Balaban J connectivity index is 1.67. The van der Waals surface area contributed by atoms with E-state index in [9.17, 15) is 5.11 Å². The minimum Gasteiger partial charge on any atom is -0.390 e. The van der Waals surface area contributed by atoms with Gasteiger partial charge in [-0.3, -0.25) is 4.99 Å². The molecule has 0 aromatic heterocycles. The van der Waals surface area contributed by atoms with E-state index in [0.717, 1.165) is 38.3 Å². The van der Waals surface area contributed by atoms with Crippen LogP contribution in [0.1, 0.15) is 26.2 Å². The molecule has 0 amide bonds. The molecular formula is C11H21N3O2. The number of aliphatic imine (C=N–C) groups is 1. The molecule has 0 aromatic rings.